The molecule has 1 amide bonds. The topological polar surface area (TPSA) is 83.3 Å². The number of pyridine rings is 1. The highest BCUT2D eigenvalue weighted by Gasteiger charge is 2.30. The number of aryl methyl sites for hydroxylation is 1. The number of rotatable bonds is 3. The zero-order valence-electron chi connectivity index (χ0n) is 17.8. The van der Waals surface area contributed by atoms with Crippen molar-refractivity contribution in [1.82, 2.24) is 15.6 Å². The number of carbonyl (C=O) groups excluding carboxylic acids is 1. The summed E-state index contributed by atoms with van der Waals surface area (Å²) < 4.78 is 30.2. The fourth-order valence-electron chi connectivity index (χ4n) is 4.62. The van der Waals surface area contributed by atoms with Crippen LogP contribution in [0.1, 0.15) is 32.9 Å². The molecule has 0 bridgehead atoms. The van der Waals surface area contributed by atoms with Crippen LogP contribution in [-0.4, -0.2) is 43.1 Å². The lowest BCUT2D eigenvalue weighted by Crippen LogP contribution is -2.44. The van der Waals surface area contributed by atoms with E-state index in [1.165, 1.54) is 17.4 Å². The van der Waals surface area contributed by atoms with Crippen molar-refractivity contribution >= 4 is 38.8 Å². The van der Waals surface area contributed by atoms with E-state index in [0.29, 0.717) is 53.3 Å². The lowest BCUT2D eigenvalue weighted by atomic mass is 9.86. The predicted molar refractivity (Wildman–Crippen MR) is 123 cm³/mol. The number of anilines is 2. The molecule has 0 saturated carbocycles. The summed E-state index contributed by atoms with van der Waals surface area (Å²) in [5, 5.41) is 6.95. The van der Waals surface area contributed by atoms with Gasteiger partial charge in [0.05, 0.1) is 11.4 Å². The third kappa shape index (κ3) is 3.69. The number of nitrogens with zero attached hydrogens (tertiary/aromatic N) is 2. The van der Waals surface area contributed by atoms with Gasteiger partial charge in [0.25, 0.3) is 5.91 Å². The Morgan fingerprint density at radius 3 is 2.84 bits per heavy atom. The van der Waals surface area contributed by atoms with Crippen LogP contribution in [0.15, 0.2) is 18.2 Å². The van der Waals surface area contributed by atoms with Crippen LogP contribution in [0.3, 0.4) is 0 Å². The molecule has 0 radical (unpaired) electrons. The summed E-state index contributed by atoms with van der Waals surface area (Å²) in [5.41, 5.74) is 8.59. The Bertz CT molecular complexity index is 1210. The highest BCUT2D eigenvalue weighted by molar-refractivity contribution is 7.21. The molecule has 1 fully saturated rings. The second-order valence-electron chi connectivity index (χ2n) is 8.45. The largest absolute Gasteiger partial charge is 0.397 e. The van der Waals surface area contributed by atoms with E-state index >= 15 is 4.39 Å². The molecule has 3 heterocycles. The van der Waals surface area contributed by atoms with Crippen LogP contribution in [0.25, 0.3) is 10.2 Å². The summed E-state index contributed by atoms with van der Waals surface area (Å²) >= 11 is 1.25. The first-order valence-electron chi connectivity index (χ1n) is 10.8. The number of nitrogen functional groups attached to an aromatic ring is 1. The number of carbonyl (C=O) groups is 1. The molecule has 1 aromatic carbocycles. The van der Waals surface area contributed by atoms with Crippen molar-refractivity contribution in [3.63, 3.8) is 0 Å². The van der Waals surface area contributed by atoms with Crippen LogP contribution < -0.4 is 21.3 Å². The maximum absolute atomic E-state index is 15.2. The molecular formula is C23H25F2N5OS. The molecule has 1 atom stereocenters. The Kier molecular flexibility index (Phi) is 5.46. The lowest BCUT2D eigenvalue weighted by Gasteiger charge is -2.32. The molecular weight excluding hydrogens is 432 g/mol. The van der Waals surface area contributed by atoms with Gasteiger partial charge >= 0.3 is 0 Å². The van der Waals surface area contributed by atoms with Crippen LogP contribution in [0.5, 0.6) is 0 Å². The summed E-state index contributed by atoms with van der Waals surface area (Å²) in [6, 6.07) is 4.75. The molecule has 168 valence electrons. The van der Waals surface area contributed by atoms with Gasteiger partial charge < -0.3 is 21.3 Å². The van der Waals surface area contributed by atoms with E-state index in [2.05, 4.69) is 15.6 Å². The minimum absolute atomic E-state index is 0.258. The molecule has 4 N–H and O–H groups in total. The number of nitrogens with two attached hydrogens (primary N) is 1. The quantitative estimate of drug-likeness (QED) is 0.563. The van der Waals surface area contributed by atoms with Crippen molar-refractivity contribution in [2.75, 3.05) is 36.8 Å². The zero-order chi connectivity index (χ0) is 22.4. The average molecular weight is 458 g/mol. The summed E-state index contributed by atoms with van der Waals surface area (Å²) in [5.74, 6) is -1.03. The number of hydrogen-bond acceptors (Lipinski definition) is 6. The summed E-state index contributed by atoms with van der Waals surface area (Å²) in [7, 11) is 0. The Hall–Kier alpha value is -2.78. The molecule has 1 unspecified atom stereocenters. The van der Waals surface area contributed by atoms with Gasteiger partial charge in [-0.2, -0.15) is 0 Å². The van der Waals surface area contributed by atoms with E-state index in [0.717, 1.165) is 29.0 Å². The molecule has 1 saturated heterocycles. The van der Waals surface area contributed by atoms with Gasteiger partial charge in [0, 0.05) is 49.4 Å². The van der Waals surface area contributed by atoms with Gasteiger partial charge in [0.1, 0.15) is 21.3 Å². The number of piperazine rings is 1. The average Bonchev–Trinajstić information content (AvgIpc) is 3.12. The summed E-state index contributed by atoms with van der Waals surface area (Å²) in [6.45, 7) is 4.69. The molecule has 5 rings (SSSR count). The molecule has 2 aromatic heterocycles. The minimum Gasteiger partial charge on any atom is -0.397 e. The van der Waals surface area contributed by atoms with Crippen molar-refractivity contribution in [2.45, 2.75) is 32.2 Å². The van der Waals surface area contributed by atoms with Gasteiger partial charge in [-0.25, -0.2) is 13.8 Å². The van der Waals surface area contributed by atoms with Gasteiger partial charge in [-0.3, -0.25) is 4.79 Å². The Labute approximate surface area is 188 Å². The van der Waals surface area contributed by atoms with E-state index < -0.39 is 5.82 Å². The van der Waals surface area contributed by atoms with Crippen molar-refractivity contribution in [3.05, 3.63) is 51.5 Å². The van der Waals surface area contributed by atoms with Crippen LogP contribution in [0.4, 0.5) is 20.2 Å². The second-order valence-corrected chi connectivity index (χ2v) is 9.45. The summed E-state index contributed by atoms with van der Waals surface area (Å²) in [4.78, 5) is 20.4. The van der Waals surface area contributed by atoms with Gasteiger partial charge in [-0.1, -0.05) is 0 Å². The fourth-order valence-corrected chi connectivity index (χ4v) is 5.66. The first-order chi connectivity index (χ1) is 15.4. The number of benzene rings is 1. The molecule has 1 aliphatic carbocycles. The fraction of sp³-hybridized carbons (Fsp3) is 0.391. The van der Waals surface area contributed by atoms with E-state index in [1.807, 2.05) is 24.0 Å². The molecule has 3 aromatic rings. The molecule has 9 heteroatoms. The van der Waals surface area contributed by atoms with Gasteiger partial charge in [-0.05, 0) is 49.4 Å². The molecule has 32 heavy (non-hydrogen) atoms. The first-order valence-corrected chi connectivity index (χ1v) is 11.7. The number of amides is 1. The van der Waals surface area contributed by atoms with Crippen LogP contribution in [-0.2, 0) is 12.8 Å². The van der Waals surface area contributed by atoms with E-state index in [9.17, 15) is 9.18 Å². The molecule has 2 aliphatic rings. The maximum atomic E-state index is 15.2. The normalized spacial score (nSPS) is 18.6. The van der Waals surface area contributed by atoms with Crippen molar-refractivity contribution in [1.29, 1.82) is 0 Å². The number of fused-ring (bicyclic) bond motifs is 2. The Morgan fingerprint density at radius 1 is 1.28 bits per heavy atom. The van der Waals surface area contributed by atoms with Crippen molar-refractivity contribution in [2.24, 2.45) is 0 Å². The molecule has 6 nitrogen and oxygen atoms in total. The summed E-state index contributed by atoms with van der Waals surface area (Å²) in [6.07, 6.45) is 1.18. The van der Waals surface area contributed by atoms with E-state index in [1.54, 1.807) is 0 Å². The monoisotopic (exact) mass is 457 g/mol. The minimum atomic E-state index is -0.407. The first kappa shape index (κ1) is 21.1. The number of hydrogen-bond donors (Lipinski definition) is 3. The SMILES string of the molecule is Cc1ccc2c(N)c(C(=O)NC3CCc4c(F)c(N5CCNCC5)cc(F)c4C3)sc2n1. The maximum Gasteiger partial charge on any atom is 0.263 e. The van der Waals surface area contributed by atoms with Gasteiger partial charge in [0.15, 0.2) is 0 Å². The number of halogens is 2. The lowest BCUT2D eigenvalue weighted by molar-refractivity contribution is 0.0938. The van der Waals surface area contributed by atoms with Crippen LogP contribution in [0.2, 0.25) is 0 Å². The zero-order valence-corrected chi connectivity index (χ0v) is 18.6. The van der Waals surface area contributed by atoms with Gasteiger partial charge in [0.2, 0.25) is 0 Å². The number of nitrogens with one attached hydrogen (secondary N) is 2. The highest BCUT2D eigenvalue weighted by Crippen LogP contribution is 2.35. The smallest absolute Gasteiger partial charge is 0.263 e. The Balaban J connectivity index is 1.36. The second kappa shape index (κ2) is 8.29. The number of thiophene rings is 1. The van der Waals surface area contributed by atoms with Crippen molar-refractivity contribution in [3.8, 4) is 0 Å². The Morgan fingerprint density at radius 2 is 2.06 bits per heavy atom. The molecule has 0 spiro atoms. The number of aromatic nitrogens is 1. The van der Waals surface area contributed by atoms with Crippen LogP contribution >= 0.6 is 11.3 Å². The van der Waals surface area contributed by atoms with E-state index in [-0.39, 0.29) is 24.2 Å². The third-order valence-corrected chi connectivity index (χ3v) is 7.45. The third-order valence-electron chi connectivity index (χ3n) is 6.33. The predicted octanol–water partition coefficient (Wildman–Crippen LogP) is 3.16. The van der Waals surface area contributed by atoms with E-state index in [4.69, 9.17) is 5.73 Å². The molecule has 1 aliphatic heterocycles. The highest BCUT2D eigenvalue weighted by atomic mass is 32.1. The van der Waals surface area contributed by atoms with Gasteiger partial charge in [-0.15, -0.1) is 11.3 Å². The van der Waals surface area contributed by atoms with Crippen molar-refractivity contribution < 1.29 is 13.6 Å². The standard InChI is InChI=1S/C23H25F2N5OS/c1-12-2-4-15-20(26)21(32-23(15)28-12)22(31)29-13-3-5-14-16(10-13)17(24)11-18(19(14)25)30-8-6-27-7-9-30/h2,4,11,13,27H,3,5-10,26H2,1H3,(H,29,31). The van der Waals surface area contributed by atoms with Crippen LogP contribution in [0, 0.1) is 18.6 Å².